The molecule has 15 heavy (non-hydrogen) atoms. The van der Waals surface area contributed by atoms with Gasteiger partial charge in [-0.1, -0.05) is 19.8 Å². The lowest BCUT2D eigenvalue weighted by Gasteiger charge is -2.15. The molecule has 0 fully saturated rings. The molecule has 0 aromatic heterocycles. The Morgan fingerprint density at radius 3 is 2.53 bits per heavy atom. The first-order valence-corrected chi connectivity index (χ1v) is 6.48. The molecule has 7 heteroatoms. The molecule has 0 bridgehead atoms. The summed E-state index contributed by atoms with van der Waals surface area (Å²) in [5, 5.41) is 8.36. The van der Waals surface area contributed by atoms with E-state index >= 15 is 0 Å². The van der Waals surface area contributed by atoms with E-state index in [-0.39, 0.29) is 12.6 Å². The Hall–Kier alpha value is -0.660. The Kier molecular flexibility index (Phi) is 6.46. The number of sulfonamides is 1. The third-order valence-corrected chi connectivity index (χ3v) is 3.17. The highest BCUT2D eigenvalue weighted by atomic mass is 32.2. The minimum Gasteiger partial charge on any atom is -0.480 e. The Bertz CT molecular complexity index is 289. The number of nitrogens with two attached hydrogens (primary N) is 1. The lowest BCUT2D eigenvalue weighted by molar-refractivity contribution is -0.134. The van der Waals surface area contributed by atoms with Crippen molar-refractivity contribution in [3.8, 4) is 0 Å². The molecule has 0 saturated carbocycles. The highest BCUT2D eigenvalue weighted by Gasteiger charge is 2.19. The summed E-state index contributed by atoms with van der Waals surface area (Å²) in [6.45, 7) is 2.16. The summed E-state index contributed by atoms with van der Waals surface area (Å²) < 4.78 is 24.7. The van der Waals surface area contributed by atoms with Crippen LogP contribution < -0.4 is 10.5 Å². The zero-order valence-corrected chi connectivity index (χ0v) is 9.59. The van der Waals surface area contributed by atoms with Crippen LogP contribution in [0.15, 0.2) is 0 Å². The quantitative estimate of drug-likeness (QED) is 0.528. The van der Waals surface area contributed by atoms with E-state index in [1.54, 1.807) is 0 Å². The van der Waals surface area contributed by atoms with Crippen LogP contribution in [0.5, 0.6) is 0 Å². The Balaban J connectivity index is 4.21. The molecule has 0 aromatic rings. The van der Waals surface area contributed by atoms with E-state index in [4.69, 9.17) is 10.8 Å². The number of carbonyl (C=O) groups is 1. The summed E-state index contributed by atoms with van der Waals surface area (Å²) in [5.41, 5.74) is 5.38. The molecule has 4 N–H and O–H groups in total. The highest BCUT2D eigenvalue weighted by Crippen LogP contribution is 2.01. The van der Waals surface area contributed by atoms with E-state index in [9.17, 15) is 13.2 Å². The average molecular weight is 238 g/mol. The van der Waals surface area contributed by atoms with Crippen molar-refractivity contribution < 1.29 is 18.3 Å². The van der Waals surface area contributed by atoms with Crippen LogP contribution in [0, 0.1) is 0 Å². The fraction of sp³-hybridized carbons (Fsp3) is 0.875. The van der Waals surface area contributed by atoms with Gasteiger partial charge in [0.2, 0.25) is 10.0 Å². The van der Waals surface area contributed by atoms with Gasteiger partial charge < -0.3 is 10.8 Å². The van der Waals surface area contributed by atoms with Gasteiger partial charge in [-0.15, -0.1) is 0 Å². The standard InChI is InChI=1S/C8H18N2O4S/c1-2-3-4-7(5-9)10-15(13,14)6-8(11)12/h7,10H,2-6,9H2,1H3,(H,11,12). The molecule has 1 unspecified atom stereocenters. The second-order valence-corrected chi connectivity index (χ2v) is 5.10. The van der Waals surface area contributed by atoms with Crippen LogP contribution in [-0.2, 0) is 14.8 Å². The lowest BCUT2D eigenvalue weighted by atomic mass is 10.1. The van der Waals surface area contributed by atoms with Crippen molar-refractivity contribution in [2.24, 2.45) is 5.73 Å². The van der Waals surface area contributed by atoms with Gasteiger partial charge in [-0.05, 0) is 6.42 Å². The van der Waals surface area contributed by atoms with Gasteiger partial charge in [-0.3, -0.25) is 4.79 Å². The second-order valence-electron chi connectivity index (χ2n) is 3.35. The van der Waals surface area contributed by atoms with E-state index in [0.29, 0.717) is 6.42 Å². The average Bonchev–Trinajstić information content (AvgIpc) is 2.09. The molecule has 0 saturated heterocycles. The van der Waals surface area contributed by atoms with Gasteiger partial charge in [0, 0.05) is 12.6 Å². The van der Waals surface area contributed by atoms with E-state index < -0.39 is 21.7 Å². The van der Waals surface area contributed by atoms with Crippen LogP contribution >= 0.6 is 0 Å². The maximum absolute atomic E-state index is 11.2. The molecule has 0 aromatic carbocycles. The Labute approximate surface area is 89.9 Å². The van der Waals surface area contributed by atoms with E-state index in [1.165, 1.54) is 0 Å². The summed E-state index contributed by atoms with van der Waals surface area (Å²) in [6.07, 6.45) is 2.43. The van der Waals surface area contributed by atoms with Crippen LogP contribution in [0.2, 0.25) is 0 Å². The first-order chi connectivity index (χ1) is 6.91. The smallest absolute Gasteiger partial charge is 0.320 e. The Morgan fingerprint density at radius 2 is 2.13 bits per heavy atom. The SMILES string of the molecule is CCCCC(CN)NS(=O)(=O)CC(=O)O. The summed E-state index contributed by atoms with van der Waals surface area (Å²) in [4.78, 5) is 10.2. The van der Waals surface area contributed by atoms with Gasteiger partial charge in [-0.25, -0.2) is 13.1 Å². The largest absolute Gasteiger partial charge is 0.480 e. The molecule has 0 amide bonds. The summed E-state index contributed by atoms with van der Waals surface area (Å²) >= 11 is 0. The first-order valence-electron chi connectivity index (χ1n) is 4.83. The third-order valence-electron chi connectivity index (χ3n) is 1.85. The van der Waals surface area contributed by atoms with Crippen molar-refractivity contribution in [1.82, 2.24) is 4.72 Å². The fourth-order valence-electron chi connectivity index (χ4n) is 1.13. The predicted octanol–water partition coefficient (Wildman–Crippen LogP) is -0.492. The third kappa shape index (κ3) is 7.29. The number of nitrogens with one attached hydrogen (secondary N) is 1. The maximum Gasteiger partial charge on any atom is 0.320 e. The summed E-state index contributed by atoms with van der Waals surface area (Å²) in [6, 6.07) is -0.366. The normalized spacial score (nSPS) is 13.7. The zero-order chi connectivity index (χ0) is 11.9. The minimum atomic E-state index is -3.75. The maximum atomic E-state index is 11.2. The molecule has 0 radical (unpaired) electrons. The van der Waals surface area contributed by atoms with Crippen molar-refractivity contribution in [2.75, 3.05) is 12.3 Å². The van der Waals surface area contributed by atoms with Gasteiger partial charge in [0.1, 0.15) is 0 Å². The van der Waals surface area contributed by atoms with E-state index in [0.717, 1.165) is 12.8 Å². The van der Waals surface area contributed by atoms with Gasteiger partial charge in [0.05, 0.1) is 0 Å². The monoisotopic (exact) mass is 238 g/mol. The van der Waals surface area contributed by atoms with E-state index in [1.807, 2.05) is 6.92 Å². The van der Waals surface area contributed by atoms with Gasteiger partial charge in [-0.2, -0.15) is 0 Å². The molecule has 90 valence electrons. The molecule has 6 nitrogen and oxygen atoms in total. The van der Waals surface area contributed by atoms with Crippen molar-refractivity contribution >= 4 is 16.0 Å². The van der Waals surface area contributed by atoms with Crippen LogP contribution in [-0.4, -0.2) is 37.8 Å². The molecular weight excluding hydrogens is 220 g/mol. The number of unbranched alkanes of at least 4 members (excludes halogenated alkanes) is 1. The van der Waals surface area contributed by atoms with Crippen molar-refractivity contribution in [3.05, 3.63) is 0 Å². The second kappa shape index (κ2) is 6.76. The van der Waals surface area contributed by atoms with Gasteiger partial charge >= 0.3 is 5.97 Å². The van der Waals surface area contributed by atoms with Gasteiger partial charge in [0.25, 0.3) is 0 Å². The number of hydrogen-bond acceptors (Lipinski definition) is 4. The summed E-state index contributed by atoms with van der Waals surface area (Å²) in [5.74, 6) is -2.27. The zero-order valence-electron chi connectivity index (χ0n) is 8.77. The molecule has 0 aliphatic rings. The lowest BCUT2D eigenvalue weighted by Crippen LogP contribution is -2.42. The minimum absolute atomic E-state index is 0.179. The number of carboxylic acids is 1. The molecular formula is C8H18N2O4S. The predicted molar refractivity (Wildman–Crippen MR) is 56.9 cm³/mol. The fourth-order valence-corrected chi connectivity index (χ4v) is 2.26. The van der Waals surface area contributed by atoms with E-state index in [2.05, 4.69) is 4.72 Å². The van der Waals surface area contributed by atoms with Crippen molar-refractivity contribution in [3.63, 3.8) is 0 Å². The van der Waals surface area contributed by atoms with Gasteiger partial charge in [0.15, 0.2) is 5.75 Å². The molecule has 0 heterocycles. The number of hydrogen-bond donors (Lipinski definition) is 3. The number of carboxylic acid groups (broad SMARTS) is 1. The summed E-state index contributed by atoms with van der Waals surface area (Å²) in [7, 11) is -3.75. The highest BCUT2D eigenvalue weighted by molar-refractivity contribution is 7.90. The van der Waals surface area contributed by atoms with Crippen molar-refractivity contribution in [2.45, 2.75) is 32.2 Å². The van der Waals surface area contributed by atoms with Crippen LogP contribution in [0.1, 0.15) is 26.2 Å². The molecule has 0 aliphatic heterocycles. The van der Waals surface area contributed by atoms with Crippen LogP contribution in [0.3, 0.4) is 0 Å². The molecule has 0 rings (SSSR count). The number of aliphatic carboxylic acids is 1. The van der Waals surface area contributed by atoms with Crippen LogP contribution in [0.4, 0.5) is 0 Å². The van der Waals surface area contributed by atoms with Crippen molar-refractivity contribution in [1.29, 1.82) is 0 Å². The molecule has 0 aliphatic carbocycles. The molecule has 0 spiro atoms. The topological polar surface area (TPSA) is 109 Å². The Morgan fingerprint density at radius 1 is 1.53 bits per heavy atom. The first kappa shape index (κ1) is 14.3. The molecule has 1 atom stereocenters. The number of rotatable bonds is 8. The van der Waals surface area contributed by atoms with Crippen LogP contribution in [0.25, 0.3) is 0 Å².